The van der Waals surface area contributed by atoms with Crippen LogP contribution in [-0.2, 0) is 9.53 Å². The zero-order chi connectivity index (χ0) is 18.1. The largest absolute Gasteiger partial charge is 0.462 e. The van der Waals surface area contributed by atoms with Crippen molar-refractivity contribution >= 4 is 17.6 Å². The first-order chi connectivity index (χ1) is 12.1. The molecule has 2 rings (SSSR count). The summed E-state index contributed by atoms with van der Waals surface area (Å²) < 4.78 is 5.00. The third-order valence-electron chi connectivity index (χ3n) is 3.55. The second-order valence-electron chi connectivity index (χ2n) is 5.46. The fourth-order valence-corrected chi connectivity index (χ4v) is 2.29. The highest BCUT2D eigenvalue weighted by molar-refractivity contribution is 5.89. The topological polar surface area (TPSA) is 46.5 Å². The molecule has 0 bridgehead atoms. The molecule has 1 unspecified atom stereocenters. The lowest BCUT2D eigenvalue weighted by Crippen LogP contribution is -2.08. The average molecular weight is 334 g/mol. The second-order valence-corrected chi connectivity index (χ2v) is 5.46. The number of aliphatic hydroxyl groups excluding tert-OH is 1. The first-order valence-electron chi connectivity index (χ1n) is 8.23. The molecular formula is C22H22O3. The molecular weight excluding hydrogens is 312 g/mol. The minimum Gasteiger partial charge on any atom is -0.462 e. The zero-order valence-corrected chi connectivity index (χ0v) is 14.5. The van der Waals surface area contributed by atoms with E-state index in [4.69, 9.17) is 4.74 Å². The molecule has 0 aliphatic rings. The van der Waals surface area contributed by atoms with Gasteiger partial charge >= 0.3 is 5.97 Å². The first kappa shape index (κ1) is 18.5. The quantitative estimate of drug-likeness (QED) is 0.488. The summed E-state index contributed by atoms with van der Waals surface area (Å²) in [5, 5.41) is 10.6. The minimum atomic E-state index is -0.896. The Hall–Kier alpha value is -2.87. The van der Waals surface area contributed by atoms with E-state index in [2.05, 4.69) is 5.73 Å². The second kappa shape index (κ2) is 9.43. The number of aliphatic hydroxyl groups is 1. The molecule has 128 valence electrons. The van der Waals surface area contributed by atoms with Crippen molar-refractivity contribution in [2.45, 2.75) is 20.0 Å². The van der Waals surface area contributed by atoms with Crippen LogP contribution in [0.3, 0.4) is 0 Å². The summed E-state index contributed by atoms with van der Waals surface area (Å²) in [4.78, 5) is 11.9. The Morgan fingerprint density at radius 2 is 1.72 bits per heavy atom. The highest BCUT2D eigenvalue weighted by Crippen LogP contribution is 2.20. The Morgan fingerprint density at radius 3 is 2.32 bits per heavy atom. The Balaban J connectivity index is 2.40. The average Bonchev–Trinajstić information content (AvgIpc) is 2.65. The van der Waals surface area contributed by atoms with Crippen LogP contribution >= 0.6 is 0 Å². The van der Waals surface area contributed by atoms with E-state index in [1.54, 1.807) is 19.9 Å². The molecule has 0 amide bonds. The Labute approximate surface area is 148 Å². The van der Waals surface area contributed by atoms with Gasteiger partial charge in [0, 0.05) is 5.57 Å². The molecule has 0 saturated carbocycles. The van der Waals surface area contributed by atoms with Crippen LogP contribution in [0.2, 0.25) is 0 Å². The van der Waals surface area contributed by atoms with Crippen molar-refractivity contribution in [1.82, 2.24) is 0 Å². The predicted octanol–water partition coefficient (Wildman–Crippen LogP) is 4.25. The summed E-state index contributed by atoms with van der Waals surface area (Å²) in [5.74, 6) is -0.435. The summed E-state index contributed by atoms with van der Waals surface area (Å²) in [6, 6.07) is 19.1. The van der Waals surface area contributed by atoms with E-state index in [-0.39, 0.29) is 0 Å². The first-order valence-corrected chi connectivity index (χ1v) is 8.23. The summed E-state index contributed by atoms with van der Waals surface area (Å²) in [7, 11) is 0. The van der Waals surface area contributed by atoms with Gasteiger partial charge in [-0.3, -0.25) is 0 Å². The number of hydrogen-bond donors (Lipinski definition) is 1. The lowest BCUT2D eigenvalue weighted by atomic mass is 9.99. The van der Waals surface area contributed by atoms with Crippen molar-refractivity contribution in [2.75, 3.05) is 6.61 Å². The lowest BCUT2D eigenvalue weighted by Gasteiger charge is -2.10. The van der Waals surface area contributed by atoms with Crippen LogP contribution in [0.25, 0.3) is 11.6 Å². The molecule has 0 aliphatic carbocycles. The van der Waals surface area contributed by atoms with Gasteiger partial charge in [0.25, 0.3) is 0 Å². The molecule has 0 saturated heterocycles. The molecule has 3 heteroatoms. The van der Waals surface area contributed by atoms with E-state index in [0.717, 1.165) is 11.1 Å². The van der Waals surface area contributed by atoms with Crippen LogP contribution in [0.4, 0.5) is 0 Å². The lowest BCUT2D eigenvalue weighted by molar-refractivity contribution is -0.138. The van der Waals surface area contributed by atoms with Crippen LogP contribution < -0.4 is 0 Å². The van der Waals surface area contributed by atoms with Gasteiger partial charge in [-0.15, -0.1) is 5.73 Å². The standard InChI is InChI=1S/C22H22O3/c1-3-25-22(24)17(2)16-20(19-12-8-5-9-13-19)21(23)15-14-18-10-6-4-7-11-18/h4-15,21,23H,3H2,1-2H3/b15-14+. The molecule has 0 aromatic heterocycles. The normalized spacial score (nSPS) is 11.6. The van der Waals surface area contributed by atoms with E-state index in [1.165, 1.54) is 0 Å². The number of rotatable bonds is 6. The number of benzene rings is 2. The third kappa shape index (κ3) is 5.61. The van der Waals surface area contributed by atoms with Crippen LogP contribution in [0.15, 0.2) is 78.0 Å². The summed E-state index contributed by atoms with van der Waals surface area (Å²) in [6.07, 6.45) is 2.63. The molecule has 1 N–H and O–H groups in total. The molecule has 2 aromatic carbocycles. The van der Waals surface area contributed by atoms with Gasteiger partial charge in [-0.2, -0.15) is 0 Å². The van der Waals surface area contributed by atoms with Gasteiger partial charge < -0.3 is 9.84 Å². The van der Waals surface area contributed by atoms with E-state index >= 15 is 0 Å². The number of carbonyl (C=O) groups excluding carboxylic acids is 1. The van der Waals surface area contributed by atoms with Crippen LogP contribution in [0, 0.1) is 0 Å². The van der Waals surface area contributed by atoms with Gasteiger partial charge in [0.15, 0.2) is 0 Å². The van der Waals surface area contributed by atoms with Crippen LogP contribution in [0.1, 0.15) is 25.0 Å². The Morgan fingerprint density at radius 1 is 1.12 bits per heavy atom. The Bertz CT molecular complexity index is 783. The molecule has 0 heterocycles. The number of ether oxygens (including phenoxy) is 1. The van der Waals surface area contributed by atoms with E-state index < -0.39 is 12.1 Å². The fraction of sp³-hybridized carbons (Fsp3) is 0.182. The van der Waals surface area contributed by atoms with Crippen molar-refractivity contribution in [3.8, 4) is 0 Å². The van der Waals surface area contributed by atoms with Gasteiger partial charge in [-0.05, 0) is 25.0 Å². The highest BCUT2D eigenvalue weighted by atomic mass is 16.5. The molecule has 0 spiro atoms. The van der Waals surface area contributed by atoms with E-state index in [1.807, 2.05) is 66.7 Å². The van der Waals surface area contributed by atoms with Gasteiger partial charge in [-0.25, -0.2) is 4.79 Å². The van der Waals surface area contributed by atoms with Crippen molar-refractivity contribution in [3.63, 3.8) is 0 Å². The van der Waals surface area contributed by atoms with Crippen molar-refractivity contribution < 1.29 is 14.6 Å². The smallest absolute Gasteiger partial charge is 0.341 e. The van der Waals surface area contributed by atoms with Gasteiger partial charge in [0.2, 0.25) is 0 Å². The summed E-state index contributed by atoms with van der Waals surface area (Å²) >= 11 is 0. The minimum absolute atomic E-state index is 0.301. The maximum atomic E-state index is 11.9. The molecule has 0 aliphatic heterocycles. The third-order valence-corrected chi connectivity index (χ3v) is 3.55. The van der Waals surface area contributed by atoms with E-state index in [9.17, 15) is 9.90 Å². The maximum absolute atomic E-state index is 11.9. The van der Waals surface area contributed by atoms with Crippen molar-refractivity contribution in [2.24, 2.45) is 0 Å². The fourth-order valence-electron chi connectivity index (χ4n) is 2.29. The molecule has 1 atom stereocenters. The molecule has 3 nitrogen and oxygen atoms in total. The summed E-state index contributed by atoms with van der Waals surface area (Å²) in [5.41, 5.74) is 5.65. The van der Waals surface area contributed by atoms with Gasteiger partial charge in [0.05, 0.1) is 12.2 Å². The Kier molecular flexibility index (Phi) is 6.97. The number of esters is 1. The summed E-state index contributed by atoms with van der Waals surface area (Å²) in [6.45, 7) is 3.69. The molecule has 0 radical (unpaired) electrons. The maximum Gasteiger partial charge on any atom is 0.341 e. The predicted molar refractivity (Wildman–Crippen MR) is 101 cm³/mol. The van der Waals surface area contributed by atoms with Crippen LogP contribution in [-0.4, -0.2) is 23.8 Å². The van der Waals surface area contributed by atoms with Crippen LogP contribution in [0.5, 0.6) is 0 Å². The zero-order valence-electron chi connectivity index (χ0n) is 14.5. The van der Waals surface area contributed by atoms with Crippen molar-refractivity contribution in [3.05, 3.63) is 89.2 Å². The highest BCUT2D eigenvalue weighted by Gasteiger charge is 2.12. The molecule has 2 aromatic rings. The molecule has 0 fully saturated rings. The molecule has 25 heavy (non-hydrogen) atoms. The van der Waals surface area contributed by atoms with E-state index in [0.29, 0.717) is 17.8 Å². The number of carbonyl (C=O) groups is 1. The SMILES string of the molecule is CCOC(=O)C(C)=C=C(c1ccccc1)C(O)/C=C/c1ccccc1. The number of hydrogen-bond acceptors (Lipinski definition) is 3. The monoisotopic (exact) mass is 334 g/mol. The van der Waals surface area contributed by atoms with Gasteiger partial charge in [-0.1, -0.05) is 72.8 Å². The van der Waals surface area contributed by atoms with Crippen molar-refractivity contribution in [1.29, 1.82) is 0 Å². The van der Waals surface area contributed by atoms with Gasteiger partial charge in [0.1, 0.15) is 6.10 Å².